The van der Waals surface area contributed by atoms with E-state index in [4.69, 9.17) is 0 Å². The summed E-state index contributed by atoms with van der Waals surface area (Å²) in [7, 11) is -2.76. The zero-order valence-electron chi connectivity index (χ0n) is 14.4. The Hall–Kier alpha value is -2.04. The van der Waals surface area contributed by atoms with E-state index >= 15 is 0 Å². The fourth-order valence-electron chi connectivity index (χ4n) is 2.24. The minimum atomic E-state index is -4.64. The van der Waals surface area contributed by atoms with Crippen LogP contribution in [0.15, 0.2) is 58.3 Å². The van der Waals surface area contributed by atoms with E-state index in [1.807, 2.05) is 6.26 Å². The van der Waals surface area contributed by atoms with Crippen molar-refractivity contribution in [3.63, 3.8) is 0 Å². The van der Waals surface area contributed by atoms with Crippen molar-refractivity contribution < 1.29 is 26.4 Å². The second-order valence-corrected chi connectivity index (χ2v) is 8.45. The van der Waals surface area contributed by atoms with Crippen molar-refractivity contribution in [2.75, 3.05) is 25.2 Å². The van der Waals surface area contributed by atoms with E-state index in [0.717, 1.165) is 21.3 Å². The van der Waals surface area contributed by atoms with E-state index in [-0.39, 0.29) is 4.90 Å². The molecule has 0 aliphatic rings. The molecule has 0 saturated carbocycles. The molecule has 0 heterocycles. The van der Waals surface area contributed by atoms with E-state index in [1.54, 1.807) is 12.1 Å². The van der Waals surface area contributed by atoms with Gasteiger partial charge in [0.2, 0.25) is 15.9 Å². The highest BCUT2D eigenvalue weighted by atomic mass is 32.2. The molecule has 1 N–H and O–H groups in total. The highest BCUT2D eigenvalue weighted by molar-refractivity contribution is 7.98. The smallest absolute Gasteiger partial charge is 0.324 e. The molecule has 27 heavy (non-hydrogen) atoms. The van der Waals surface area contributed by atoms with Gasteiger partial charge >= 0.3 is 6.18 Å². The Morgan fingerprint density at radius 1 is 1.11 bits per heavy atom. The molecule has 5 nitrogen and oxygen atoms in total. The lowest BCUT2D eigenvalue weighted by Crippen LogP contribution is -2.35. The Bertz CT molecular complexity index is 914. The number of rotatable bonds is 6. The van der Waals surface area contributed by atoms with Gasteiger partial charge in [-0.25, -0.2) is 8.42 Å². The lowest BCUT2D eigenvalue weighted by Gasteiger charge is -2.18. The standard InChI is InChI=1S/C17H17F3N2O3S2/c1-22(27(24,25)13-9-7-12(26-2)8-10-13)11-16(23)21-15-6-4-3-5-14(15)17(18,19)20/h3-10H,11H2,1-2H3,(H,21,23). The van der Waals surface area contributed by atoms with Crippen LogP contribution < -0.4 is 5.32 Å². The number of thioether (sulfide) groups is 1. The highest BCUT2D eigenvalue weighted by Crippen LogP contribution is 2.34. The molecule has 2 rings (SSSR count). The third-order valence-electron chi connectivity index (χ3n) is 3.64. The first-order valence-electron chi connectivity index (χ1n) is 7.62. The molecule has 10 heteroatoms. The van der Waals surface area contributed by atoms with Gasteiger partial charge in [0, 0.05) is 11.9 Å². The topological polar surface area (TPSA) is 66.5 Å². The zero-order chi connectivity index (χ0) is 20.2. The average molecular weight is 418 g/mol. The minimum Gasteiger partial charge on any atom is -0.324 e. The van der Waals surface area contributed by atoms with Crippen LogP contribution in [-0.4, -0.2) is 38.5 Å². The van der Waals surface area contributed by atoms with Gasteiger partial charge in [-0.05, 0) is 42.7 Å². The molecule has 0 unspecified atom stereocenters. The minimum absolute atomic E-state index is 0.00806. The van der Waals surface area contributed by atoms with Crippen LogP contribution in [0.5, 0.6) is 0 Å². The number of hydrogen-bond acceptors (Lipinski definition) is 4. The van der Waals surface area contributed by atoms with Gasteiger partial charge in [0.05, 0.1) is 22.7 Å². The van der Waals surface area contributed by atoms with Gasteiger partial charge in [0.25, 0.3) is 0 Å². The molecule has 2 aromatic rings. The van der Waals surface area contributed by atoms with Crippen molar-refractivity contribution in [3.8, 4) is 0 Å². The van der Waals surface area contributed by atoms with Gasteiger partial charge in [-0.2, -0.15) is 17.5 Å². The number of amides is 1. The molecule has 0 atom stereocenters. The number of nitrogens with one attached hydrogen (secondary N) is 1. The first-order chi connectivity index (χ1) is 12.6. The monoisotopic (exact) mass is 418 g/mol. The summed E-state index contributed by atoms with van der Waals surface area (Å²) >= 11 is 1.45. The molecule has 0 spiro atoms. The summed E-state index contributed by atoms with van der Waals surface area (Å²) in [6.07, 6.45) is -2.79. The third kappa shape index (κ3) is 5.24. The summed E-state index contributed by atoms with van der Waals surface area (Å²) in [6.45, 7) is -0.626. The van der Waals surface area contributed by atoms with Crippen LogP contribution in [-0.2, 0) is 21.0 Å². The Balaban J connectivity index is 2.13. The third-order valence-corrected chi connectivity index (χ3v) is 6.20. The number of benzene rings is 2. The number of likely N-dealkylation sites (N-methyl/N-ethyl adjacent to an activating group) is 1. The Labute approximate surface area is 159 Å². The molecular formula is C17H17F3N2O3S2. The summed E-state index contributed by atoms with van der Waals surface area (Å²) in [6, 6.07) is 10.6. The lowest BCUT2D eigenvalue weighted by atomic mass is 10.1. The van der Waals surface area contributed by atoms with Crippen molar-refractivity contribution in [1.29, 1.82) is 0 Å². The second-order valence-electron chi connectivity index (χ2n) is 5.53. The average Bonchev–Trinajstić information content (AvgIpc) is 2.61. The van der Waals surface area contributed by atoms with Gasteiger partial charge in [0.15, 0.2) is 0 Å². The summed E-state index contributed by atoms with van der Waals surface area (Å²) in [4.78, 5) is 13.0. The first kappa shape index (κ1) is 21.3. The molecule has 0 radical (unpaired) electrons. The number of carbonyl (C=O) groups excluding carboxylic acids is 1. The fraction of sp³-hybridized carbons (Fsp3) is 0.235. The normalized spacial score (nSPS) is 12.2. The number of carbonyl (C=O) groups is 1. The largest absolute Gasteiger partial charge is 0.418 e. The molecule has 2 aromatic carbocycles. The summed E-state index contributed by atoms with van der Waals surface area (Å²) < 4.78 is 64.7. The van der Waals surface area contributed by atoms with Gasteiger partial charge in [-0.15, -0.1) is 11.8 Å². The van der Waals surface area contributed by atoms with Crippen molar-refractivity contribution in [2.24, 2.45) is 0 Å². The Morgan fingerprint density at radius 2 is 1.70 bits per heavy atom. The number of sulfonamides is 1. The Morgan fingerprint density at radius 3 is 2.26 bits per heavy atom. The summed E-state index contributed by atoms with van der Waals surface area (Å²) in [5, 5.41) is 2.12. The highest BCUT2D eigenvalue weighted by Gasteiger charge is 2.33. The van der Waals surface area contributed by atoms with Crippen LogP contribution >= 0.6 is 11.8 Å². The van der Waals surface area contributed by atoms with Crippen LogP contribution in [0.2, 0.25) is 0 Å². The molecule has 146 valence electrons. The summed E-state index contributed by atoms with van der Waals surface area (Å²) in [5.41, 5.74) is -1.43. The van der Waals surface area contributed by atoms with Gasteiger partial charge in [-0.3, -0.25) is 4.79 Å². The van der Waals surface area contributed by atoms with Gasteiger partial charge in [-0.1, -0.05) is 12.1 Å². The molecule has 0 fully saturated rings. The van der Waals surface area contributed by atoms with E-state index < -0.39 is 39.9 Å². The predicted octanol–water partition coefficient (Wildman–Crippen LogP) is 3.69. The number of halogens is 3. The van der Waals surface area contributed by atoms with Crippen LogP contribution in [0, 0.1) is 0 Å². The zero-order valence-corrected chi connectivity index (χ0v) is 16.1. The van der Waals surface area contributed by atoms with Crippen LogP contribution in [0.25, 0.3) is 0 Å². The fourth-order valence-corrected chi connectivity index (χ4v) is 3.78. The molecule has 0 saturated heterocycles. The molecule has 1 amide bonds. The van der Waals surface area contributed by atoms with Gasteiger partial charge in [0.1, 0.15) is 0 Å². The number of nitrogens with zero attached hydrogens (tertiary/aromatic N) is 1. The van der Waals surface area contributed by atoms with Crippen molar-refractivity contribution in [3.05, 3.63) is 54.1 Å². The molecule has 0 bridgehead atoms. The Kier molecular flexibility index (Phi) is 6.55. The van der Waals surface area contributed by atoms with E-state index in [0.29, 0.717) is 0 Å². The van der Waals surface area contributed by atoms with Crippen molar-refractivity contribution in [1.82, 2.24) is 4.31 Å². The van der Waals surface area contributed by atoms with E-state index in [1.165, 1.54) is 43.1 Å². The van der Waals surface area contributed by atoms with Crippen LogP contribution in [0.4, 0.5) is 18.9 Å². The maximum absolute atomic E-state index is 13.0. The predicted molar refractivity (Wildman–Crippen MR) is 98.1 cm³/mol. The van der Waals surface area contributed by atoms with E-state index in [2.05, 4.69) is 5.32 Å². The molecule has 0 aliphatic heterocycles. The quantitative estimate of drug-likeness (QED) is 0.727. The molecular weight excluding hydrogens is 401 g/mol. The number of hydrogen-bond donors (Lipinski definition) is 1. The lowest BCUT2D eigenvalue weighted by molar-refractivity contribution is -0.137. The maximum Gasteiger partial charge on any atom is 0.418 e. The number of alkyl halides is 3. The van der Waals surface area contributed by atoms with Crippen molar-refractivity contribution in [2.45, 2.75) is 16.0 Å². The number of para-hydroxylation sites is 1. The van der Waals surface area contributed by atoms with Gasteiger partial charge < -0.3 is 5.32 Å². The SMILES string of the molecule is CSc1ccc(S(=O)(=O)N(C)CC(=O)Nc2ccccc2C(F)(F)F)cc1. The molecule has 0 aliphatic carbocycles. The van der Waals surface area contributed by atoms with Crippen LogP contribution in [0.1, 0.15) is 5.56 Å². The van der Waals surface area contributed by atoms with E-state index in [9.17, 15) is 26.4 Å². The first-order valence-corrected chi connectivity index (χ1v) is 10.3. The second kappa shape index (κ2) is 8.32. The van der Waals surface area contributed by atoms with Crippen LogP contribution in [0.3, 0.4) is 0 Å². The summed E-state index contributed by atoms with van der Waals surface area (Å²) in [5.74, 6) is -0.876. The molecule has 0 aromatic heterocycles. The maximum atomic E-state index is 13.0. The van der Waals surface area contributed by atoms with Crippen molar-refractivity contribution >= 4 is 33.4 Å². The number of anilines is 1.